The normalized spacial score (nSPS) is 9.42. The smallest absolute Gasteiger partial charge is 0.160 e. The van der Waals surface area contributed by atoms with E-state index in [4.69, 9.17) is 11.0 Å². The van der Waals surface area contributed by atoms with E-state index in [-0.39, 0.29) is 12.1 Å². The number of anilines is 1. The van der Waals surface area contributed by atoms with Gasteiger partial charge in [-0.15, -0.1) is 0 Å². The summed E-state index contributed by atoms with van der Waals surface area (Å²) in [6.45, 7) is 0. The molecular weight excluding hydrogens is 223 g/mol. The summed E-state index contributed by atoms with van der Waals surface area (Å²) in [5, 5.41) is 8.36. The Morgan fingerprint density at radius 1 is 1.58 bits per heavy atom. The van der Waals surface area contributed by atoms with Gasteiger partial charge in [0.1, 0.15) is 0 Å². The van der Waals surface area contributed by atoms with E-state index in [9.17, 15) is 4.39 Å². The summed E-state index contributed by atoms with van der Waals surface area (Å²) in [7, 11) is 0. The lowest BCUT2D eigenvalue weighted by atomic mass is 10.1. The first-order valence-electron chi connectivity index (χ1n) is 3.26. The fourth-order valence-electron chi connectivity index (χ4n) is 0.846. The van der Waals surface area contributed by atoms with E-state index in [0.29, 0.717) is 10.0 Å². The van der Waals surface area contributed by atoms with Crippen LogP contribution in [0.1, 0.15) is 5.56 Å². The number of hydrogen-bond acceptors (Lipinski definition) is 2. The van der Waals surface area contributed by atoms with Crippen LogP contribution in [0.3, 0.4) is 0 Å². The van der Waals surface area contributed by atoms with Gasteiger partial charge >= 0.3 is 0 Å². The van der Waals surface area contributed by atoms with Gasteiger partial charge in [0, 0.05) is 0 Å². The van der Waals surface area contributed by atoms with Gasteiger partial charge < -0.3 is 5.73 Å². The van der Waals surface area contributed by atoms with E-state index in [1.165, 1.54) is 0 Å². The Labute approximate surface area is 77.9 Å². The van der Waals surface area contributed by atoms with Gasteiger partial charge in [0.05, 0.1) is 22.7 Å². The standard InChI is InChI=1S/C8H6BrFN2/c9-6-2-1-5(3-4-11)8(12)7(6)10/h1-2H,3,12H2. The maximum absolute atomic E-state index is 13.0. The maximum Gasteiger partial charge on any atom is 0.160 e. The Balaban J connectivity index is 3.19. The number of hydrogen-bond donors (Lipinski definition) is 1. The van der Waals surface area contributed by atoms with Gasteiger partial charge in [0.25, 0.3) is 0 Å². The molecule has 0 aliphatic rings. The van der Waals surface area contributed by atoms with E-state index >= 15 is 0 Å². The topological polar surface area (TPSA) is 49.8 Å². The highest BCUT2D eigenvalue weighted by atomic mass is 79.9. The zero-order valence-corrected chi connectivity index (χ0v) is 7.73. The van der Waals surface area contributed by atoms with Crippen molar-refractivity contribution in [3.8, 4) is 6.07 Å². The highest BCUT2D eigenvalue weighted by Gasteiger charge is 2.07. The lowest BCUT2D eigenvalue weighted by Gasteiger charge is -2.03. The maximum atomic E-state index is 13.0. The first kappa shape index (κ1) is 9.01. The van der Waals surface area contributed by atoms with Crippen LogP contribution >= 0.6 is 15.9 Å². The van der Waals surface area contributed by atoms with Crippen LogP contribution in [0.2, 0.25) is 0 Å². The third-order valence-electron chi connectivity index (χ3n) is 1.49. The summed E-state index contributed by atoms with van der Waals surface area (Å²) in [4.78, 5) is 0. The number of nitrogen functional groups attached to an aromatic ring is 1. The Hall–Kier alpha value is -1.08. The fraction of sp³-hybridized carbons (Fsp3) is 0.125. The Kier molecular flexibility index (Phi) is 2.66. The summed E-state index contributed by atoms with van der Waals surface area (Å²) in [5.41, 5.74) is 5.99. The van der Waals surface area contributed by atoms with Crippen molar-refractivity contribution in [2.24, 2.45) is 0 Å². The predicted molar refractivity (Wildman–Crippen MR) is 47.8 cm³/mol. The highest BCUT2D eigenvalue weighted by Crippen LogP contribution is 2.24. The van der Waals surface area contributed by atoms with Crippen molar-refractivity contribution < 1.29 is 4.39 Å². The lowest BCUT2D eigenvalue weighted by Crippen LogP contribution is -1.97. The molecule has 0 bridgehead atoms. The predicted octanol–water partition coefficient (Wildman–Crippen LogP) is 2.24. The van der Waals surface area contributed by atoms with Crippen molar-refractivity contribution in [3.63, 3.8) is 0 Å². The molecule has 1 aromatic rings. The van der Waals surface area contributed by atoms with Crippen molar-refractivity contribution in [1.29, 1.82) is 5.26 Å². The van der Waals surface area contributed by atoms with E-state index in [1.54, 1.807) is 12.1 Å². The summed E-state index contributed by atoms with van der Waals surface area (Å²) < 4.78 is 13.4. The minimum absolute atomic E-state index is 0.0472. The van der Waals surface area contributed by atoms with Gasteiger partial charge in [0.15, 0.2) is 5.82 Å². The van der Waals surface area contributed by atoms with Crippen LogP contribution in [0.5, 0.6) is 0 Å². The van der Waals surface area contributed by atoms with Crippen molar-refractivity contribution in [2.75, 3.05) is 5.73 Å². The minimum Gasteiger partial charge on any atom is -0.396 e. The molecule has 2 N–H and O–H groups in total. The fourth-order valence-corrected chi connectivity index (χ4v) is 1.19. The quantitative estimate of drug-likeness (QED) is 0.750. The van der Waals surface area contributed by atoms with E-state index in [0.717, 1.165) is 0 Å². The molecule has 12 heavy (non-hydrogen) atoms. The van der Waals surface area contributed by atoms with E-state index < -0.39 is 5.82 Å². The summed E-state index contributed by atoms with van der Waals surface area (Å²) >= 11 is 2.99. The molecule has 4 heteroatoms. The minimum atomic E-state index is -0.497. The van der Waals surface area contributed by atoms with Gasteiger partial charge in [-0.3, -0.25) is 0 Å². The third kappa shape index (κ3) is 1.56. The van der Waals surface area contributed by atoms with Gasteiger partial charge in [-0.25, -0.2) is 4.39 Å². The van der Waals surface area contributed by atoms with Crippen LogP contribution in [-0.4, -0.2) is 0 Å². The van der Waals surface area contributed by atoms with Crippen LogP contribution in [0.15, 0.2) is 16.6 Å². The number of nitrogens with two attached hydrogens (primary N) is 1. The molecule has 0 amide bonds. The highest BCUT2D eigenvalue weighted by molar-refractivity contribution is 9.10. The molecule has 0 saturated heterocycles. The summed E-state index contributed by atoms with van der Waals surface area (Å²) in [6, 6.07) is 5.08. The molecule has 1 aromatic carbocycles. The molecule has 0 spiro atoms. The molecule has 0 radical (unpaired) electrons. The first-order valence-corrected chi connectivity index (χ1v) is 4.05. The van der Waals surface area contributed by atoms with Gasteiger partial charge in [-0.2, -0.15) is 5.26 Å². The first-order chi connectivity index (χ1) is 5.66. The molecule has 62 valence electrons. The van der Waals surface area contributed by atoms with Crippen molar-refractivity contribution >= 4 is 21.6 Å². The summed E-state index contributed by atoms with van der Waals surface area (Å²) in [5.74, 6) is -0.497. The molecule has 0 atom stereocenters. The number of nitriles is 1. The zero-order valence-electron chi connectivity index (χ0n) is 6.14. The molecule has 0 aliphatic heterocycles. The zero-order chi connectivity index (χ0) is 9.14. The van der Waals surface area contributed by atoms with Gasteiger partial charge in [-0.05, 0) is 27.6 Å². The largest absolute Gasteiger partial charge is 0.396 e. The molecular formula is C8H6BrFN2. The van der Waals surface area contributed by atoms with Crippen LogP contribution < -0.4 is 5.73 Å². The number of rotatable bonds is 1. The van der Waals surface area contributed by atoms with Crippen LogP contribution in [0.25, 0.3) is 0 Å². The SMILES string of the molecule is N#CCc1ccc(Br)c(F)c1N. The molecule has 2 nitrogen and oxygen atoms in total. The Morgan fingerprint density at radius 2 is 2.25 bits per heavy atom. The van der Waals surface area contributed by atoms with Crippen LogP contribution in [-0.2, 0) is 6.42 Å². The second-order valence-corrected chi connectivity index (χ2v) is 3.12. The average molecular weight is 229 g/mol. The number of halogens is 2. The van der Waals surface area contributed by atoms with Crippen LogP contribution in [0.4, 0.5) is 10.1 Å². The number of benzene rings is 1. The van der Waals surface area contributed by atoms with Crippen molar-refractivity contribution in [2.45, 2.75) is 6.42 Å². The average Bonchev–Trinajstić information content (AvgIpc) is 2.07. The molecule has 0 aliphatic carbocycles. The van der Waals surface area contributed by atoms with Crippen LogP contribution in [0, 0.1) is 17.1 Å². The van der Waals surface area contributed by atoms with E-state index in [2.05, 4.69) is 15.9 Å². The van der Waals surface area contributed by atoms with Gasteiger partial charge in [0.2, 0.25) is 0 Å². The molecule has 1 rings (SSSR count). The molecule has 0 saturated carbocycles. The van der Waals surface area contributed by atoms with Gasteiger partial charge in [-0.1, -0.05) is 6.07 Å². The molecule has 0 aromatic heterocycles. The molecule has 0 unspecified atom stereocenters. The van der Waals surface area contributed by atoms with Crippen molar-refractivity contribution in [3.05, 3.63) is 28.0 Å². The second kappa shape index (κ2) is 3.55. The Bertz CT molecular complexity index is 344. The lowest BCUT2D eigenvalue weighted by molar-refractivity contribution is 0.624. The summed E-state index contributed by atoms with van der Waals surface area (Å²) in [6.07, 6.45) is 0.135. The van der Waals surface area contributed by atoms with E-state index in [1.807, 2.05) is 6.07 Å². The monoisotopic (exact) mass is 228 g/mol. The third-order valence-corrected chi connectivity index (χ3v) is 2.10. The molecule has 0 fully saturated rings. The Morgan fingerprint density at radius 3 is 2.83 bits per heavy atom. The number of nitrogens with zero attached hydrogens (tertiary/aromatic N) is 1. The molecule has 0 heterocycles. The van der Waals surface area contributed by atoms with Crippen molar-refractivity contribution in [1.82, 2.24) is 0 Å². The second-order valence-electron chi connectivity index (χ2n) is 2.27.